The lowest BCUT2D eigenvalue weighted by atomic mass is 10.1. The van der Waals surface area contributed by atoms with Gasteiger partial charge in [-0.2, -0.15) is 13.2 Å². The Morgan fingerprint density at radius 2 is 2.00 bits per heavy atom. The number of hydrogen-bond acceptors (Lipinski definition) is 1. The van der Waals surface area contributed by atoms with Crippen molar-refractivity contribution in [1.29, 1.82) is 0 Å². The van der Waals surface area contributed by atoms with Crippen LogP contribution in [0.3, 0.4) is 0 Å². The van der Waals surface area contributed by atoms with Crippen LogP contribution in [0.5, 0.6) is 0 Å². The molecule has 0 saturated heterocycles. The van der Waals surface area contributed by atoms with Gasteiger partial charge in [-0.3, -0.25) is 0 Å². The number of hydrogen-bond donors (Lipinski definition) is 1. The van der Waals surface area contributed by atoms with Crippen LogP contribution in [-0.4, -0.2) is 17.9 Å². The Hall–Kier alpha value is -0.510. The van der Waals surface area contributed by atoms with E-state index >= 15 is 0 Å². The first kappa shape index (κ1) is 8.49. The van der Waals surface area contributed by atoms with E-state index in [2.05, 4.69) is 6.58 Å². The largest absolute Gasteiger partial charge is 0.397 e. The Morgan fingerprint density at radius 1 is 1.56 bits per heavy atom. The highest BCUT2D eigenvalue weighted by atomic mass is 19.4. The fraction of sp³-hybridized carbons (Fsp3) is 0.600. The molecule has 0 bridgehead atoms. The van der Waals surface area contributed by atoms with Gasteiger partial charge in [-0.25, -0.2) is 0 Å². The molecule has 0 spiro atoms. The molecular weight excluding hydrogens is 133 g/mol. The van der Waals surface area contributed by atoms with E-state index in [0.29, 0.717) is 6.08 Å². The minimum Gasteiger partial charge on any atom is -0.395 e. The maximum absolute atomic E-state index is 11.5. The van der Waals surface area contributed by atoms with E-state index in [9.17, 15) is 13.2 Å². The summed E-state index contributed by atoms with van der Waals surface area (Å²) in [6.45, 7) is 1.99. The number of aliphatic hydroxyl groups is 1. The first-order valence-corrected chi connectivity index (χ1v) is 2.32. The minimum atomic E-state index is -4.35. The Kier molecular flexibility index (Phi) is 2.70. The molecule has 0 aliphatic carbocycles. The van der Waals surface area contributed by atoms with E-state index in [0.717, 1.165) is 0 Å². The van der Waals surface area contributed by atoms with Gasteiger partial charge >= 0.3 is 6.18 Å². The van der Waals surface area contributed by atoms with Gasteiger partial charge in [0.2, 0.25) is 0 Å². The molecule has 0 aromatic heterocycles. The van der Waals surface area contributed by atoms with Crippen molar-refractivity contribution in [2.24, 2.45) is 5.92 Å². The molecule has 1 N–H and O–H groups in total. The lowest BCUT2D eigenvalue weighted by molar-refractivity contribution is -0.169. The first-order valence-electron chi connectivity index (χ1n) is 2.32. The summed E-state index contributed by atoms with van der Waals surface area (Å²) in [5.41, 5.74) is 0. The van der Waals surface area contributed by atoms with Gasteiger partial charge in [0.05, 0.1) is 12.5 Å². The van der Waals surface area contributed by atoms with E-state index in [4.69, 9.17) is 5.11 Å². The highest BCUT2D eigenvalue weighted by molar-refractivity contribution is 4.83. The van der Waals surface area contributed by atoms with Crippen LogP contribution in [0.15, 0.2) is 12.7 Å². The van der Waals surface area contributed by atoms with E-state index in [1.54, 1.807) is 0 Å². The molecule has 4 heteroatoms. The summed E-state index contributed by atoms with van der Waals surface area (Å²) in [6.07, 6.45) is -3.67. The van der Waals surface area contributed by atoms with Gasteiger partial charge in [-0.1, -0.05) is 6.08 Å². The van der Waals surface area contributed by atoms with E-state index in [-0.39, 0.29) is 0 Å². The normalized spacial score (nSPS) is 15.1. The number of rotatable bonds is 2. The molecule has 0 aromatic carbocycles. The Bertz CT molecular complexity index is 96.9. The summed E-state index contributed by atoms with van der Waals surface area (Å²) in [4.78, 5) is 0. The molecule has 0 aliphatic heterocycles. The second-order valence-electron chi connectivity index (χ2n) is 1.57. The third-order valence-electron chi connectivity index (χ3n) is 0.902. The van der Waals surface area contributed by atoms with Crippen molar-refractivity contribution in [1.82, 2.24) is 0 Å². The van der Waals surface area contributed by atoms with Crippen LogP contribution >= 0.6 is 0 Å². The predicted octanol–water partition coefficient (Wildman–Crippen LogP) is 1.34. The van der Waals surface area contributed by atoms with E-state index in [1.165, 1.54) is 0 Å². The number of aliphatic hydroxyl groups excluding tert-OH is 1. The van der Waals surface area contributed by atoms with Crippen LogP contribution in [0.1, 0.15) is 0 Å². The highest BCUT2D eigenvalue weighted by Gasteiger charge is 2.36. The van der Waals surface area contributed by atoms with Crippen molar-refractivity contribution >= 4 is 0 Å². The Labute approximate surface area is 50.8 Å². The average Bonchev–Trinajstić information content (AvgIpc) is 1.65. The third-order valence-corrected chi connectivity index (χ3v) is 0.902. The summed E-state index contributed by atoms with van der Waals surface area (Å²) in [7, 11) is 0. The van der Waals surface area contributed by atoms with Crippen LogP contribution < -0.4 is 0 Å². The number of halogens is 3. The van der Waals surface area contributed by atoms with Crippen molar-refractivity contribution in [2.45, 2.75) is 6.18 Å². The van der Waals surface area contributed by atoms with Gasteiger partial charge in [0, 0.05) is 0 Å². The Balaban J connectivity index is 3.94. The van der Waals surface area contributed by atoms with Gasteiger partial charge in [0.25, 0.3) is 0 Å². The number of alkyl halides is 3. The monoisotopic (exact) mass is 140 g/mol. The quantitative estimate of drug-likeness (QED) is 0.574. The highest BCUT2D eigenvalue weighted by Crippen LogP contribution is 2.25. The van der Waals surface area contributed by atoms with Crippen LogP contribution in [0.25, 0.3) is 0 Å². The molecule has 0 rings (SSSR count). The molecule has 0 aromatic rings. The summed E-state index contributed by atoms with van der Waals surface area (Å²) in [5.74, 6) is -1.78. The van der Waals surface area contributed by atoms with Gasteiger partial charge in [-0.05, 0) is 0 Å². The van der Waals surface area contributed by atoms with Crippen molar-refractivity contribution in [3.63, 3.8) is 0 Å². The summed E-state index contributed by atoms with van der Waals surface area (Å²) in [5, 5.41) is 8.07. The smallest absolute Gasteiger partial charge is 0.395 e. The summed E-state index contributed by atoms with van der Waals surface area (Å²) in [6, 6.07) is 0. The van der Waals surface area contributed by atoms with E-state index < -0.39 is 18.7 Å². The molecule has 0 saturated carbocycles. The van der Waals surface area contributed by atoms with Gasteiger partial charge in [0.15, 0.2) is 0 Å². The van der Waals surface area contributed by atoms with Crippen LogP contribution in [-0.2, 0) is 0 Å². The zero-order valence-electron chi connectivity index (χ0n) is 4.65. The minimum absolute atomic E-state index is 0.681. The molecule has 0 heterocycles. The molecule has 1 atom stereocenters. The lowest BCUT2D eigenvalue weighted by Gasteiger charge is -2.12. The van der Waals surface area contributed by atoms with Crippen molar-refractivity contribution in [3.05, 3.63) is 12.7 Å². The third kappa shape index (κ3) is 2.51. The van der Waals surface area contributed by atoms with Crippen molar-refractivity contribution in [2.75, 3.05) is 6.61 Å². The topological polar surface area (TPSA) is 20.2 Å². The predicted molar refractivity (Wildman–Crippen MR) is 26.8 cm³/mol. The Morgan fingerprint density at radius 3 is 2.00 bits per heavy atom. The van der Waals surface area contributed by atoms with Crippen molar-refractivity contribution < 1.29 is 18.3 Å². The van der Waals surface area contributed by atoms with Crippen molar-refractivity contribution in [3.8, 4) is 0 Å². The maximum atomic E-state index is 11.5. The first-order chi connectivity index (χ1) is 4.02. The van der Waals surface area contributed by atoms with E-state index in [1.807, 2.05) is 0 Å². The molecule has 54 valence electrons. The van der Waals surface area contributed by atoms with Gasteiger partial charge in [0.1, 0.15) is 0 Å². The van der Waals surface area contributed by atoms with Gasteiger partial charge in [-0.15, -0.1) is 6.58 Å². The zero-order chi connectivity index (χ0) is 7.49. The average molecular weight is 140 g/mol. The molecule has 0 aliphatic rings. The maximum Gasteiger partial charge on any atom is 0.397 e. The second-order valence-corrected chi connectivity index (χ2v) is 1.57. The molecule has 0 amide bonds. The van der Waals surface area contributed by atoms with Crippen LogP contribution in [0.2, 0.25) is 0 Å². The summed E-state index contributed by atoms with van der Waals surface area (Å²) < 4.78 is 34.5. The fourth-order valence-electron chi connectivity index (χ4n) is 0.312. The molecule has 0 unspecified atom stereocenters. The van der Waals surface area contributed by atoms with Crippen LogP contribution in [0.4, 0.5) is 13.2 Å². The standard InChI is InChI=1S/C5H7F3O/c1-2-4(3-9)5(6,7)8/h2,4,9H,1,3H2/t4-/m0/s1. The van der Waals surface area contributed by atoms with Gasteiger partial charge < -0.3 is 5.11 Å². The molecule has 1 nitrogen and oxygen atoms in total. The molecule has 0 radical (unpaired) electrons. The second kappa shape index (κ2) is 2.87. The SMILES string of the molecule is C=C[C@@H](CO)C(F)(F)F. The molecular formula is C5H7F3O. The zero-order valence-corrected chi connectivity index (χ0v) is 4.65. The fourth-order valence-corrected chi connectivity index (χ4v) is 0.312. The lowest BCUT2D eigenvalue weighted by Crippen LogP contribution is -2.23. The summed E-state index contributed by atoms with van der Waals surface area (Å²) >= 11 is 0. The molecule has 9 heavy (non-hydrogen) atoms. The van der Waals surface area contributed by atoms with Crippen LogP contribution in [0, 0.1) is 5.92 Å². The molecule has 0 fully saturated rings.